The molecule has 0 spiro atoms. The first-order valence-corrected chi connectivity index (χ1v) is 26.2. The van der Waals surface area contributed by atoms with Gasteiger partial charge in [-0.1, -0.05) is 19.9 Å². The number of benzene rings is 1. The third kappa shape index (κ3) is 7.95. The van der Waals surface area contributed by atoms with Crippen LogP contribution in [0, 0.1) is 5.92 Å². The van der Waals surface area contributed by atoms with E-state index in [-0.39, 0.29) is 37.8 Å². The molecule has 1 aromatic carbocycles. The van der Waals surface area contributed by atoms with Gasteiger partial charge < -0.3 is 15.6 Å². The van der Waals surface area contributed by atoms with Gasteiger partial charge in [0.1, 0.15) is 5.82 Å². The van der Waals surface area contributed by atoms with Crippen LogP contribution in [-0.2, 0) is 9.53 Å². The number of aromatic nitrogens is 4. The number of halogens is 1. The Morgan fingerprint density at radius 3 is 2.08 bits per heavy atom. The van der Waals surface area contributed by atoms with E-state index in [0.717, 1.165) is 75.5 Å². The molecule has 60 heavy (non-hydrogen) atoms. The molecule has 5 fully saturated rings. The van der Waals surface area contributed by atoms with Crippen molar-refractivity contribution in [3.63, 3.8) is 0 Å². The van der Waals surface area contributed by atoms with Crippen LogP contribution in [0.1, 0.15) is 150 Å². The van der Waals surface area contributed by atoms with Gasteiger partial charge >= 0.3 is 209 Å². The van der Waals surface area contributed by atoms with Gasteiger partial charge in [-0.3, -0.25) is 4.79 Å². The maximum absolute atomic E-state index is 14.1. The number of H-pyrrole nitrogens is 2. The first kappa shape index (κ1) is 41.6. The fraction of sp³-hybridized carbons (Fsp3) is 0.667. The number of alkyl halides is 1. The van der Waals surface area contributed by atoms with Crippen LogP contribution >= 0.6 is 20.1 Å². The molecule has 4 aliphatic heterocycles. The molecule has 7 aliphatic rings. The zero-order valence-corrected chi connectivity index (χ0v) is 38.1. The SMILES string of the molecule is CC(C)[C@@H](N)C(=O)N1CCC[C@H]1c1ncc(-c2ccc(N3CCC(c4cnc([C@@H]5CCCN5C(=O)I(NC(=O)N5CCOCC5)C(C)C)[nH]4)CC3)c3c2C2CCC3CC2)[nH]1. The van der Waals surface area contributed by atoms with Crippen LogP contribution in [0.4, 0.5) is 15.3 Å². The van der Waals surface area contributed by atoms with E-state index in [1.54, 1.807) is 10.5 Å². The fourth-order valence-electron chi connectivity index (χ4n) is 10.9. The van der Waals surface area contributed by atoms with E-state index in [2.05, 4.69) is 44.4 Å². The van der Waals surface area contributed by atoms with Gasteiger partial charge in [0.25, 0.3) is 0 Å². The number of hydrogen-bond donors (Lipinski definition) is 4. The standard InChI is InChI=1S/C45H65IN10O4/c1-27(2)40(47)43(57)55-17-5-7-36(55)41-49-26-34(51-41)32-13-14-35(39-31-11-9-30(10-12-31)38(32)39)53-19-15-29(16-20-53)33-25-48-42(50-33)37-8-6-18-56(37)44(58)46(28(3)4)52-45(59)54-21-23-60-24-22-54/h13-14,25-31,36-37,40H,5-12,15-24,47H2,1-4H3,(H,48,50)(H,49,51)(H,52,59)/t30?,31?,36-,37-,40+/m0/s1. The summed E-state index contributed by atoms with van der Waals surface area (Å²) in [6.07, 6.45) is 14.8. The number of anilines is 1. The molecule has 0 radical (unpaired) electrons. The number of morpholine rings is 1. The Morgan fingerprint density at radius 1 is 0.767 bits per heavy atom. The summed E-state index contributed by atoms with van der Waals surface area (Å²) in [5.74, 6) is 3.39. The molecule has 4 saturated heterocycles. The number of carbonyl (C=O) groups excluding carboxylic acids is 3. The number of nitrogens with zero attached hydrogens (tertiary/aromatic N) is 6. The minimum Gasteiger partial charge on any atom is -0.340 e. The van der Waals surface area contributed by atoms with Gasteiger partial charge in [0.15, 0.2) is 0 Å². The summed E-state index contributed by atoms with van der Waals surface area (Å²) in [6.45, 7) is 13.7. The number of aromatic amines is 2. The average molecular weight is 937 g/mol. The van der Waals surface area contributed by atoms with Crippen molar-refractivity contribution in [1.82, 2.24) is 38.2 Å². The number of fused-ring (bicyclic) bond motifs is 2. The Labute approximate surface area is 362 Å². The number of hydrogen-bond acceptors (Lipinski definition) is 8. The summed E-state index contributed by atoms with van der Waals surface area (Å²) in [7, 11) is 0. The van der Waals surface area contributed by atoms with Gasteiger partial charge in [0.05, 0.1) is 24.0 Å². The first-order valence-electron chi connectivity index (χ1n) is 22.8. The third-order valence-electron chi connectivity index (χ3n) is 14.3. The van der Waals surface area contributed by atoms with Crippen LogP contribution in [0.25, 0.3) is 11.3 Å². The number of amides is 4. The van der Waals surface area contributed by atoms with Gasteiger partial charge in [0.2, 0.25) is 5.91 Å². The zero-order chi connectivity index (χ0) is 41.7. The van der Waals surface area contributed by atoms with E-state index < -0.39 is 26.1 Å². The number of piperidine rings is 1. The third-order valence-corrected chi connectivity index (χ3v) is 19.5. The van der Waals surface area contributed by atoms with E-state index in [9.17, 15) is 14.4 Å². The molecule has 3 aliphatic carbocycles. The second-order valence-electron chi connectivity index (χ2n) is 18.6. The molecule has 0 unspecified atom stereocenters. The Kier molecular flexibility index (Phi) is 12.2. The van der Waals surface area contributed by atoms with Crippen molar-refractivity contribution in [2.75, 3.05) is 57.4 Å². The predicted molar refractivity (Wildman–Crippen MR) is 241 cm³/mol. The van der Waals surface area contributed by atoms with Crippen molar-refractivity contribution in [1.29, 1.82) is 0 Å². The van der Waals surface area contributed by atoms with Crippen molar-refractivity contribution in [3.8, 4) is 11.3 Å². The Morgan fingerprint density at radius 2 is 1.40 bits per heavy atom. The molecule has 1 saturated carbocycles. The number of nitrogens with two attached hydrogens (primary N) is 1. The Bertz CT molecular complexity index is 2030. The molecule has 2 bridgehead atoms. The first-order chi connectivity index (χ1) is 29.1. The molecular formula is C45H65IN10O4. The average Bonchev–Trinajstić information content (AvgIpc) is 4.12. The van der Waals surface area contributed by atoms with E-state index in [0.29, 0.717) is 50.6 Å². The second-order valence-corrected chi connectivity index (χ2v) is 24.3. The normalized spacial score (nSPS) is 25.4. The van der Waals surface area contributed by atoms with Crippen LogP contribution in [0.5, 0.6) is 0 Å². The molecule has 326 valence electrons. The maximum atomic E-state index is 14.1. The van der Waals surface area contributed by atoms with Crippen molar-refractivity contribution in [2.45, 2.75) is 132 Å². The number of carbonyl (C=O) groups is 3. The predicted octanol–water partition coefficient (Wildman–Crippen LogP) is 7.71. The summed E-state index contributed by atoms with van der Waals surface area (Å²) in [4.78, 5) is 66.2. The molecule has 6 heterocycles. The van der Waals surface area contributed by atoms with E-state index in [4.69, 9.17) is 20.4 Å². The number of imidazole rings is 2. The minimum absolute atomic E-state index is 0.0260. The molecule has 10 rings (SSSR count). The Hall–Kier alpha value is -3.70. The topological polar surface area (TPSA) is 169 Å². The van der Waals surface area contributed by atoms with Gasteiger partial charge in [-0.05, 0) is 61.8 Å². The fourth-order valence-corrected chi connectivity index (χ4v) is 14.9. The van der Waals surface area contributed by atoms with E-state index in [1.807, 2.05) is 36.0 Å². The van der Waals surface area contributed by atoms with Gasteiger partial charge in [-0.25, -0.2) is 4.98 Å². The van der Waals surface area contributed by atoms with Gasteiger partial charge in [-0.15, -0.1) is 0 Å². The van der Waals surface area contributed by atoms with Crippen molar-refractivity contribution in [3.05, 3.63) is 53.0 Å². The molecule has 14 nitrogen and oxygen atoms in total. The minimum atomic E-state index is -2.54. The monoisotopic (exact) mass is 936 g/mol. The van der Waals surface area contributed by atoms with Crippen LogP contribution < -0.4 is 14.2 Å². The molecule has 3 atom stereocenters. The van der Waals surface area contributed by atoms with E-state index in [1.165, 1.54) is 48.2 Å². The summed E-state index contributed by atoms with van der Waals surface area (Å²) in [6, 6.07) is 3.94. The van der Waals surface area contributed by atoms with Crippen molar-refractivity contribution < 1.29 is 19.1 Å². The van der Waals surface area contributed by atoms with Gasteiger partial charge in [0, 0.05) is 12.1 Å². The van der Waals surface area contributed by atoms with Crippen LogP contribution in [0.15, 0.2) is 24.5 Å². The van der Waals surface area contributed by atoms with Crippen LogP contribution in [-0.4, -0.2) is 113 Å². The summed E-state index contributed by atoms with van der Waals surface area (Å²) < 4.78 is 8.88. The Balaban J connectivity index is 0.879. The summed E-state index contributed by atoms with van der Waals surface area (Å²) >= 11 is -2.54. The molecule has 4 amide bonds. The van der Waals surface area contributed by atoms with Crippen molar-refractivity contribution >= 4 is 41.6 Å². The zero-order valence-electron chi connectivity index (χ0n) is 35.9. The van der Waals surface area contributed by atoms with Crippen molar-refractivity contribution in [2.24, 2.45) is 11.7 Å². The van der Waals surface area contributed by atoms with Gasteiger partial charge in [-0.2, -0.15) is 0 Å². The molecule has 3 aromatic rings. The molecule has 15 heteroatoms. The summed E-state index contributed by atoms with van der Waals surface area (Å²) in [5, 5.41) is 0. The summed E-state index contributed by atoms with van der Waals surface area (Å²) in [5.41, 5.74) is 14.3. The quantitative estimate of drug-likeness (QED) is 0.0527. The number of likely N-dealkylation sites (tertiary alicyclic amines) is 2. The van der Waals surface area contributed by atoms with E-state index >= 15 is 0 Å². The molecule has 5 N–H and O–H groups in total. The number of ether oxygens (including phenoxy) is 1. The van der Waals surface area contributed by atoms with Crippen LogP contribution in [0.2, 0.25) is 0 Å². The number of urea groups is 1. The molecular weight excluding hydrogens is 871 g/mol. The second kappa shape index (κ2) is 17.6. The molecule has 2 aromatic heterocycles. The smallest absolute Gasteiger partial charge is 0.340 e. The van der Waals surface area contributed by atoms with Crippen LogP contribution in [0.3, 0.4) is 0 Å². The number of rotatable bonds is 10. The number of nitrogens with one attached hydrogen (secondary N) is 3.